The Morgan fingerprint density at radius 3 is 2.55 bits per heavy atom. The number of nitrogens with zero attached hydrogens (tertiary/aromatic N) is 1. The van der Waals surface area contributed by atoms with Crippen molar-refractivity contribution in [3.8, 4) is 24.2 Å². The molecule has 0 aliphatic rings. The number of aliphatic hydroxyl groups excluding tert-OH is 1. The number of hydrogen-bond acceptors (Lipinski definition) is 6. The number of aliphatic hydroxyl groups is 1. The van der Waals surface area contributed by atoms with Crippen molar-refractivity contribution in [2.45, 2.75) is 51.6 Å². The highest BCUT2D eigenvalue weighted by atomic mass is 19.4. The van der Waals surface area contributed by atoms with Gasteiger partial charge in [-0.1, -0.05) is 0 Å². The third kappa shape index (κ3) is 9.56. The average Bonchev–Trinajstić information content (AvgIpc) is 2.74. The molecule has 0 atom stereocenters. The summed E-state index contributed by atoms with van der Waals surface area (Å²) in [7, 11) is 0. The van der Waals surface area contributed by atoms with Crippen LogP contribution in [0.25, 0.3) is 0 Å². The summed E-state index contributed by atoms with van der Waals surface area (Å²) in [6.07, 6.45) is 2.07. The molecule has 0 unspecified atom stereocenters. The van der Waals surface area contributed by atoms with Gasteiger partial charge in [0.15, 0.2) is 5.57 Å². The highest BCUT2D eigenvalue weighted by Gasteiger charge is 2.34. The van der Waals surface area contributed by atoms with Gasteiger partial charge >= 0.3 is 12.1 Å². The lowest BCUT2D eigenvalue weighted by molar-refractivity contribution is -0.143. The zero-order valence-electron chi connectivity index (χ0n) is 18.1. The van der Waals surface area contributed by atoms with Crippen LogP contribution < -0.4 is 10.1 Å². The number of carbonyl (C=O) groups is 2. The minimum atomic E-state index is -4.69. The molecular weight excluding hydrogens is 441 g/mol. The first-order chi connectivity index (χ1) is 15.6. The number of nitrogens with one attached hydrogen (secondary N) is 1. The number of allylic oxidation sites excluding steroid dienone is 1. The third-order valence-electron chi connectivity index (χ3n) is 4.27. The average molecular weight is 466 g/mol. The number of carbonyl (C=O) groups excluding carboxylic acids is 2. The van der Waals surface area contributed by atoms with Crippen LogP contribution in [0.1, 0.15) is 51.0 Å². The van der Waals surface area contributed by atoms with Crippen molar-refractivity contribution < 1.29 is 37.3 Å². The van der Waals surface area contributed by atoms with Crippen LogP contribution in [-0.2, 0) is 20.5 Å². The molecule has 33 heavy (non-hydrogen) atoms. The first kappa shape index (κ1) is 27.4. The first-order valence-electron chi connectivity index (χ1n) is 10.2. The van der Waals surface area contributed by atoms with Crippen LogP contribution in [0.5, 0.6) is 5.75 Å². The minimum Gasteiger partial charge on any atom is -0.511 e. The van der Waals surface area contributed by atoms with Crippen molar-refractivity contribution in [3.63, 3.8) is 0 Å². The van der Waals surface area contributed by atoms with Crippen molar-refractivity contribution in [3.05, 3.63) is 35.1 Å². The summed E-state index contributed by atoms with van der Waals surface area (Å²) in [5.41, 5.74) is -1.67. The molecule has 1 amide bonds. The van der Waals surface area contributed by atoms with Crippen LogP contribution in [0.2, 0.25) is 0 Å². The van der Waals surface area contributed by atoms with Gasteiger partial charge in [-0.25, -0.2) is 0 Å². The van der Waals surface area contributed by atoms with Crippen LogP contribution in [-0.4, -0.2) is 30.2 Å². The SMILES string of the molecule is C#CCC/C(O)=C(\C#N)C(=O)Nc1ccc(C(F)(F)F)c(OCCCCCC(=O)OCC)c1. The molecule has 0 aliphatic carbocycles. The number of unbranched alkanes of at least 4 members (excludes halogenated alkanes) is 2. The molecule has 0 bridgehead atoms. The van der Waals surface area contributed by atoms with Gasteiger partial charge in [0.1, 0.15) is 17.6 Å². The maximum Gasteiger partial charge on any atom is 0.419 e. The highest BCUT2D eigenvalue weighted by molar-refractivity contribution is 6.07. The molecule has 0 saturated heterocycles. The second kappa shape index (κ2) is 13.7. The number of benzene rings is 1. The Morgan fingerprint density at radius 2 is 1.94 bits per heavy atom. The molecule has 0 aliphatic heterocycles. The first-order valence-corrected chi connectivity index (χ1v) is 10.2. The van der Waals surface area contributed by atoms with Gasteiger partial charge in [0.25, 0.3) is 5.91 Å². The molecule has 0 spiro atoms. The summed E-state index contributed by atoms with van der Waals surface area (Å²) in [5.74, 6) is -0.0792. The van der Waals surface area contributed by atoms with Crippen molar-refractivity contribution in [1.29, 1.82) is 5.26 Å². The number of halogens is 3. The molecule has 0 fully saturated rings. The van der Waals surface area contributed by atoms with E-state index in [0.717, 1.165) is 18.2 Å². The van der Waals surface area contributed by atoms with Crippen LogP contribution >= 0.6 is 0 Å². The highest BCUT2D eigenvalue weighted by Crippen LogP contribution is 2.38. The topological polar surface area (TPSA) is 109 Å². The smallest absolute Gasteiger partial charge is 0.419 e. The summed E-state index contributed by atoms with van der Waals surface area (Å²) in [4.78, 5) is 23.6. The summed E-state index contributed by atoms with van der Waals surface area (Å²) in [6.45, 7) is 1.94. The number of anilines is 1. The summed E-state index contributed by atoms with van der Waals surface area (Å²) < 4.78 is 50.1. The van der Waals surface area contributed by atoms with Gasteiger partial charge in [-0.2, -0.15) is 18.4 Å². The van der Waals surface area contributed by atoms with Gasteiger partial charge in [-0.15, -0.1) is 12.3 Å². The van der Waals surface area contributed by atoms with E-state index in [1.165, 1.54) is 0 Å². The van der Waals surface area contributed by atoms with Crippen molar-refractivity contribution in [2.75, 3.05) is 18.5 Å². The lowest BCUT2D eigenvalue weighted by Crippen LogP contribution is -2.16. The largest absolute Gasteiger partial charge is 0.511 e. The Kier molecular flexibility index (Phi) is 11.4. The van der Waals surface area contributed by atoms with Crippen molar-refractivity contribution in [1.82, 2.24) is 0 Å². The van der Waals surface area contributed by atoms with E-state index in [1.807, 2.05) is 0 Å². The maximum atomic E-state index is 13.3. The normalized spacial score (nSPS) is 11.6. The Balaban J connectivity index is 2.86. The molecular formula is C23H25F3N2O5. The third-order valence-corrected chi connectivity index (χ3v) is 4.27. The second-order valence-electron chi connectivity index (χ2n) is 6.76. The fraction of sp³-hybridized carbons (Fsp3) is 0.435. The summed E-state index contributed by atoms with van der Waals surface area (Å²) in [5, 5.41) is 21.2. The molecule has 0 aromatic heterocycles. The zero-order valence-corrected chi connectivity index (χ0v) is 18.1. The molecule has 1 aromatic rings. The van der Waals surface area contributed by atoms with Gasteiger partial charge in [0, 0.05) is 31.0 Å². The van der Waals surface area contributed by atoms with Gasteiger partial charge in [-0.3, -0.25) is 9.59 Å². The van der Waals surface area contributed by atoms with Gasteiger partial charge < -0.3 is 19.9 Å². The number of esters is 1. The van der Waals surface area contributed by atoms with E-state index >= 15 is 0 Å². The number of alkyl halides is 3. The molecule has 1 aromatic carbocycles. The predicted octanol–water partition coefficient (Wildman–Crippen LogP) is 4.90. The van der Waals surface area contributed by atoms with Gasteiger partial charge in [0.05, 0.1) is 18.8 Å². The van der Waals surface area contributed by atoms with Gasteiger partial charge in [0.2, 0.25) is 0 Å². The number of nitriles is 1. The number of amides is 1. The molecule has 178 valence electrons. The fourth-order valence-electron chi connectivity index (χ4n) is 2.67. The molecule has 7 nitrogen and oxygen atoms in total. The van der Waals surface area contributed by atoms with E-state index in [2.05, 4.69) is 11.2 Å². The molecule has 10 heteroatoms. The van der Waals surface area contributed by atoms with Crippen LogP contribution in [0.15, 0.2) is 29.5 Å². The predicted molar refractivity (Wildman–Crippen MR) is 114 cm³/mol. The number of ether oxygens (including phenoxy) is 2. The standard InChI is InChI=1S/C23H25F3N2O5/c1-3-5-9-19(29)17(15-27)22(31)28-16-11-12-18(23(24,25)26)20(14-16)33-13-8-6-7-10-21(30)32-4-2/h1,11-12,14,29H,4-10,13H2,2H3,(H,28,31)/b19-17-. The summed E-state index contributed by atoms with van der Waals surface area (Å²) in [6, 6.07) is 4.31. The van der Waals surface area contributed by atoms with E-state index in [9.17, 15) is 27.9 Å². The zero-order chi connectivity index (χ0) is 24.9. The lowest BCUT2D eigenvalue weighted by Gasteiger charge is -2.16. The Bertz CT molecular complexity index is 943. The minimum absolute atomic E-state index is 0.0421. The molecule has 0 radical (unpaired) electrons. The van der Waals surface area contributed by atoms with Crippen molar-refractivity contribution >= 4 is 17.6 Å². The second-order valence-corrected chi connectivity index (χ2v) is 6.76. The molecule has 2 N–H and O–H groups in total. The summed E-state index contributed by atoms with van der Waals surface area (Å²) >= 11 is 0. The van der Waals surface area contributed by atoms with E-state index in [1.54, 1.807) is 13.0 Å². The number of rotatable bonds is 12. The Morgan fingerprint density at radius 1 is 1.21 bits per heavy atom. The number of terminal acetylenes is 1. The quantitative estimate of drug-likeness (QED) is 0.113. The Labute approximate surface area is 190 Å². The van der Waals surface area contributed by atoms with E-state index in [0.29, 0.717) is 19.3 Å². The molecule has 1 rings (SSSR count). The molecule has 0 saturated carbocycles. The van der Waals surface area contributed by atoms with E-state index < -0.39 is 34.7 Å². The van der Waals surface area contributed by atoms with Crippen molar-refractivity contribution in [2.24, 2.45) is 0 Å². The molecule has 0 heterocycles. The maximum absolute atomic E-state index is 13.3. The van der Waals surface area contributed by atoms with Crippen LogP contribution in [0.4, 0.5) is 18.9 Å². The van der Waals surface area contributed by atoms with E-state index in [4.69, 9.17) is 21.2 Å². The van der Waals surface area contributed by atoms with Crippen LogP contribution in [0.3, 0.4) is 0 Å². The van der Waals surface area contributed by atoms with E-state index in [-0.39, 0.29) is 44.1 Å². The monoisotopic (exact) mass is 466 g/mol. The Hall–Kier alpha value is -3.66. The van der Waals surface area contributed by atoms with Gasteiger partial charge in [-0.05, 0) is 38.3 Å². The fourth-order valence-corrected chi connectivity index (χ4v) is 2.67. The van der Waals surface area contributed by atoms with Crippen LogP contribution in [0, 0.1) is 23.7 Å². The number of hydrogen-bond donors (Lipinski definition) is 2. The lowest BCUT2D eigenvalue weighted by atomic mass is 10.1.